The minimum absolute atomic E-state index is 0.178. The molecule has 1 aliphatic carbocycles. The van der Waals surface area contributed by atoms with Crippen LogP contribution < -0.4 is 0 Å². The van der Waals surface area contributed by atoms with Crippen LogP contribution in [0.3, 0.4) is 0 Å². The molecular weight excluding hydrogens is 254 g/mol. The zero-order valence-corrected chi connectivity index (χ0v) is 13.9. The fraction of sp³-hybridized carbons (Fsp3) is 0.800. The summed E-state index contributed by atoms with van der Waals surface area (Å²) in [7, 11) is -1.75. The molecule has 2 aliphatic rings. The third-order valence-corrected chi connectivity index (χ3v) is 9.55. The van der Waals surface area contributed by atoms with E-state index < -0.39 is 8.32 Å². The van der Waals surface area contributed by atoms with Gasteiger partial charge in [0.1, 0.15) is 5.60 Å². The zero-order valence-electron chi connectivity index (χ0n) is 12.9. The average molecular weight is 279 g/mol. The van der Waals surface area contributed by atoms with Gasteiger partial charge in [0, 0.05) is 12.5 Å². The topological polar surface area (TPSA) is 45.5 Å². The molecule has 2 fully saturated rings. The molecule has 3 atom stereocenters. The zero-order chi connectivity index (χ0) is 14.5. The van der Waals surface area contributed by atoms with Crippen molar-refractivity contribution < 1.29 is 9.16 Å². The minimum atomic E-state index is -1.75. The van der Waals surface area contributed by atoms with Gasteiger partial charge in [0.2, 0.25) is 0 Å². The first-order chi connectivity index (χ1) is 8.60. The van der Waals surface area contributed by atoms with Crippen LogP contribution in [0.1, 0.15) is 40.5 Å². The molecule has 4 heteroatoms. The van der Waals surface area contributed by atoms with E-state index in [0.717, 1.165) is 18.4 Å². The smallest absolute Gasteiger partial charge is 0.192 e. The van der Waals surface area contributed by atoms with Crippen molar-refractivity contribution >= 4 is 8.32 Å². The van der Waals surface area contributed by atoms with Gasteiger partial charge in [-0.25, -0.2) is 0 Å². The SMILES string of the molecule is CC(C)(C)[Si](C)(C)O[C@@H]1C/C(=C/C#N)[C@@]2(C)O[C@H]2C1. The Morgan fingerprint density at radius 3 is 2.63 bits per heavy atom. The molecule has 0 amide bonds. The molecule has 0 unspecified atom stereocenters. The van der Waals surface area contributed by atoms with Crippen molar-refractivity contribution in [2.24, 2.45) is 0 Å². The lowest BCUT2D eigenvalue weighted by atomic mass is 9.84. The Morgan fingerprint density at radius 2 is 2.11 bits per heavy atom. The molecule has 19 heavy (non-hydrogen) atoms. The Morgan fingerprint density at radius 1 is 1.47 bits per heavy atom. The molecular formula is C15H25NO2Si. The van der Waals surface area contributed by atoms with Gasteiger partial charge >= 0.3 is 0 Å². The maximum atomic E-state index is 8.90. The van der Waals surface area contributed by atoms with Crippen LogP contribution in [0.15, 0.2) is 11.6 Å². The van der Waals surface area contributed by atoms with Gasteiger partial charge in [0.05, 0.1) is 18.3 Å². The van der Waals surface area contributed by atoms with Gasteiger partial charge in [0.15, 0.2) is 8.32 Å². The molecule has 3 nitrogen and oxygen atoms in total. The highest BCUT2D eigenvalue weighted by atomic mass is 28.4. The van der Waals surface area contributed by atoms with Crippen molar-refractivity contribution in [2.45, 2.75) is 76.5 Å². The van der Waals surface area contributed by atoms with Gasteiger partial charge in [-0.05, 0) is 37.0 Å². The second-order valence-electron chi connectivity index (χ2n) is 7.45. The maximum Gasteiger partial charge on any atom is 0.192 e. The number of epoxide rings is 1. The van der Waals surface area contributed by atoms with Gasteiger partial charge < -0.3 is 9.16 Å². The number of nitrogens with zero attached hydrogens (tertiary/aromatic N) is 1. The van der Waals surface area contributed by atoms with Gasteiger partial charge in [-0.2, -0.15) is 5.26 Å². The summed E-state index contributed by atoms with van der Waals surface area (Å²) in [5.41, 5.74) is 0.929. The van der Waals surface area contributed by atoms with Crippen molar-refractivity contribution in [3.05, 3.63) is 11.6 Å². The number of hydrogen-bond acceptors (Lipinski definition) is 3. The van der Waals surface area contributed by atoms with Crippen molar-refractivity contribution in [3.8, 4) is 6.07 Å². The average Bonchev–Trinajstić information content (AvgIpc) is 2.88. The van der Waals surface area contributed by atoms with Gasteiger partial charge in [-0.1, -0.05) is 20.8 Å². The molecule has 2 rings (SSSR count). The molecule has 0 N–H and O–H groups in total. The molecule has 1 aliphatic heterocycles. The summed E-state index contributed by atoms with van der Waals surface area (Å²) >= 11 is 0. The van der Waals surface area contributed by atoms with Crippen LogP contribution in [0.5, 0.6) is 0 Å². The monoisotopic (exact) mass is 279 g/mol. The summed E-state index contributed by atoms with van der Waals surface area (Å²) in [5, 5.41) is 9.12. The lowest BCUT2D eigenvalue weighted by molar-refractivity contribution is 0.156. The quantitative estimate of drug-likeness (QED) is 0.439. The highest BCUT2D eigenvalue weighted by Gasteiger charge is 2.59. The van der Waals surface area contributed by atoms with E-state index >= 15 is 0 Å². The third kappa shape index (κ3) is 2.65. The van der Waals surface area contributed by atoms with E-state index in [1.807, 2.05) is 0 Å². The molecule has 106 valence electrons. The number of ether oxygens (including phenoxy) is 1. The Labute approximate surface area is 117 Å². The van der Waals surface area contributed by atoms with Crippen LogP contribution in [0, 0.1) is 11.3 Å². The molecule has 0 radical (unpaired) electrons. The summed E-state index contributed by atoms with van der Waals surface area (Å²) in [6.45, 7) is 13.4. The van der Waals surface area contributed by atoms with Crippen LogP contribution in [-0.4, -0.2) is 26.1 Å². The molecule has 0 spiro atoms. The van der Waals surface area contributed by atoms with Crippen molar-refractivity contribution in [3.63, 3.8) is 0 Å². The first-order valence-electron chi connectivity index (χ1n) is 7.05. The normalized spacial score (nSPS) is 36.8. The number of hydrogen-bond donors (Lipinski definition) is 0. The van der Waals surface area contributed by atoms with Gasteiger partial charge in [0.25, 0.3) is 0 Å². The number of nitriles is 1. The van der Waals surface area contributed by atoms with E-state index in [1.165, 1.54) is 0 Å². The molecule has 0 bridgehead atoms. The van der Waals surface area contributed by atoms with Crippen molar-refractivity contribution in [2.75, 3.05) is 0 Å². The predicted molar refractivity (Wildman–Crippen MR) is 78.3 cm³/mol. The summed E-state index contributed by atoms with van der Waals surface area (Å²) < 4.78 is 12.2. The Balaban J connectivity index is 2.09. The molecule has 0 aromatic heterocycles. The minimum Gasteiger partial charge on any atom is -0.414 e. The second-order valence-corrected chi connectivity index (χ2v) is 12.2. The van der Waals surface area contributed by atoms with Crippen LogP contribution in [0.4, 0.5) is 0 Å². The lowest BCUT2D eigenvalue weighted by Crippen LogP contribution is -2.45. The van der Waals surface area contributed by atoms with Crippen molar-refractivity contribution in [1.82, 2.24) is 0 Å². The molecule has 1 heterocycles. The van der Waals surface area contributed by atoms with E-state index in [-0.39, 0.29) is 22.8 Å². The van der Waals surface area contributed by atoms with E-state index in [0.29, 0.717) is 0 Å². The van der Waals surface area contributed by atoms with E-state index in [4.69, 9.17) is 14.4 Å². The lowest BCUT2D eigenvalue weighted by Gasteiger charge is -2.40. The highest BCUT2D eigenvalue weighted by Crippen LogP contribution is 2.52. The van der Waals surface area contributed by atoms with Crippen LogP contribution in [0.2, 0.25) is 18.1 Å². The van der Waals surface area contributed by atoms with Gasteiger partial charge in [-0.15, -0.1) is 0 Å². The second kappa shape index (κ2) is 4.44. The van der Waals surface area contributed by atoms with Crippen LogP contribution in [0.25, 0.3) is 0 Å². The molecule has 1 saturated heterocycles. The predicted octanol–water partition coefficient (Wildman–Crippen LogP) is 3.78. The summed E-state index contributed by atoms with van der Waals surface area (Å²) in [6, 6.07) is 2.15. The first kappa shape index (κ1) is 14.8. The van der Waals surface area contributed by atoms with E-state index in [2.05, 4.69) is 46.9 Å². The van der Waals surface area contributed by atoms with Crippen molar-refractivity contribution in [1.29, 1.82) is 5.26 Å². The highest BCUT2D eigenvalue weighted by molar-refractivity contribution is 6.74. The number of fused-ring (bicyclic) bond motifs is 1. The summed E-state index contributed by atoms with van der Waals surface area (Å²) in [5.74, 6) is 0. The Kier molecular flexibility index (Phi) is 3.45. The summed E-state index contributed by atoms with van der Waals surface area (Å²) in [6.07, 6.45) is 3.91. The number of rotatable bonds is 2. The largest absolute Gasteiger partial charge is 0.414 e. The third-order valence-electron chi connectivity index (χ3n) is 5.01. The standard InChI is InChI=1S/C15H25NO2Si/c1-14(2,3)19(5,6)18-12-9-11(7-8-16)15(4)13(10-12)17-15/h7,12-13H,9-10H2,1-6H3/b11-7-/t12-,13+,15-/m1/s1. The Hall–Kier alpha value is -0.633. The number of allylic oxidation sites excluding steroid dienone is 1. The van der Waals surface area contributed by atoms with Crippen LogP contribution >= 0.6 is 0 Å². The molecule has 1 saturated carbocycles. The first-order valence-corrected chi connectivity index (χ1v) is 9.96. The fourth-order valence-corrected chi connectivity index (χ4v) is 3.92. The van der Waals surface area contributed by atoms with E-state index in [9.17, 15) is 0 Å². The van der Waals surface area contributed by atoms with Gasteiger partial charge in [-0.3, -0.25) is 0 Å². The summed E-state index contributed by atoms with van der Waals surface area (Å²) in [4.78, 5) is 0. The van der Waals surface area contributed by atoms with E-state index in [1.54, 1.807) is 6.08 Å². The van der Waals surface area contributed by atoms with Crippen LogP contribution in [-0.2, 0) is 9.16 Å². The fourth-order valence-electron chi connectivity index (χ4n) is 2.55. The molecule has 0 aromatic carbocycles. The molecule has 0 aromatic rings. The Bertz CT molecular complexity index is 444. The maximum absolute atomic E-state index is 8.90.